The number of aryl methyl sites for hydroxylation is 1. The topological polar surface area (TPSA) is 83.6 Å². The molecule has 2 aromatic carbocycles. The molecule has 0 spiro atoms. The van der Waals surface area contributed by atoms with Gasteiger partial charge in [-0.25, -0.2) is 0 Å². The van der Waals surface area contributed by atoms with Gasteiger partial charge in [0.1, 0.15) is 0 Å². The smallest absolute Gasteiger partial charge is 0.256 e. The lowest BCUT2D eigenvalue weighted by molar-refractivity contribution is 0.102. The van der Waals surface area contributed by atoms with Crippen molar-refractivity contribution in [1.82, 2.24) is 14.8 Å². The number of carbonyl (C=O) groups excluding carboxylic acids is 1. The van der Waals surface area contributed by atoms with Gasteiger partial charge in [-0.05, 0) is 49.7 Å². The van der Waals surface area contributed by atoms with E-state index in [9.17, 15) is 4.79 Å². The molecule has 1 N–H and O–H groups in total. The molecule has 6 heteroatoms. The van der Waals surface area contributed by atoms with Crippen LogP contribution in [0.1, 0.15) is 32.9 Å². The monoisotopic (exact) mass is 381 g/mol. The number of rotatable bonds is 4. The second-order valence-corrected chi connectivity index (χ2v) is 6.84. The van der Waals surface area contributed by atoms with Crippen molar-refractivity contribution in [2.45, 2.75) is 20.4 Å². The third-order valence-electron chi connectivity index (χ3n) is 4.93. The highest BCUT2D eigenvalue weighted by atomic mass is 16.1. The molecule has 2 aromatic heterocycles. The quantitative estimate of drug-likeness (QED) is 0.574. The number of nitrogens with one attached hydrogen (secondary N) is 1. The summed E-state index contributed by atoms with van der Waals surface area (Å²) in [5.74, 6) is -0.187. The van der Waals surface area contributed by atoms with E-state index in [2.05, 4.69) is 21.5 Å². The van der Waals surface area contributed by atoms with Crippen molar-refractivity contribution >= 4 is 22.5 Å². The first-order valence-corrected chi connectivity index (χ1v) is 9.25. The third-order valence-corrected chi connectivity index (χ3v) is 4.93. The fourth-order valence-electron chi connectivity index (χ4n) is 3.37. The summed E-state index contributed by atoms with van der Waals surface area (Å²) in [5.41, 5.74) is 5.36. The van der Waals surface area contributed by atoms with E-state index in [1.54, 1.807) is 24.4 Å². The fraction of sp³-hybridized carbons (Fsp3) is 0.130. The van der Waals surface area contributed by atoms with E-state index in [0.29, 0.717) is 23.4 Å². The first-order valence-electron chi connectivity index (χ1n) is 9.25. The predicted octanol–water partition coefficient (Wildman–Crippen LogP) is 4.22. The lowest BCUT2D eigenvalue weighted by atomic mass is 10.1. The molecule has 2 heterocycles. The Hall–Kier alpha value is -3.98. The number of carbonyl (C=O) groups is 1. The van der Waals surface area contributed by atoms with Gasteiger partial charge in [0.2, 0.25) is 0 Å². The van der Waals surface area contributed by atoms with Crippen LogP contribution >= 0.6 is 0 Å². The van der Waals surface area contributed by atoms with E-state index in [1.807, 2.05) is 54.9 Å². The second kappa shape index (κ2) is 7.56. The highest BCUT2D eigenvalue weighted by Crippen LogP contribution is 2.23. The Bertz CT molecular complexity index is 1240. The minimum Gasteiger partial charge on any atom is -0.319 e. The van der Waals surface area contributed by atoms with Crippen molar-refractivity contribution in [3.05, 3.63) is 88.9 Å². The molecule has 0 unspecified atom stereocenters. The third kappa shape index (κ3) is 3.58. The van der Waals surface area contributed by atoms with Crippen LogP contribution in [0.25, 0.3) is 10.9 Å². The van der Waals surface area contributed by atoms with Crippen LogP contribution in [0.4, 0.5) is 5.69 Å². The number of nitriles is 1. The number of amides is 1. The molecule has 6 nitrogen and oxygen atoms in total. The fourth-order valence-corrected chi connectivity index (χ4v) is 3.37. The Balaban J connectivity index is 1.60. The summed E-state index contributed by atoms with van der Waals surface area (Å²) in [6, 6.07) is 18.8. The first-order chi connectivity index (χ1) is 14.1. The molecule has 4 rings (SSSR count). The van der Waals surface area contributed by atoms with Crippen molar-refractivity contribution in [2.75, 3.05) is 5.32 Å². The molecule has 0 fully saturated rings. The van der Waals surface area contributed by atoms with E-state index >= 15 is 0 Å². The molecule has 0 aliphatic rings. The van der Waals surface area contributed by atoms with Crippen LogP contribution < -0.4 is 5.32 Å². The average molecular weight is 381 g/mol. The van der Waals surface area contributed by atoms with Crippen molar-refractivity contribution in [1.29, 1.82) is 5.26 Å². The normalized spacial score (nSPS) is 10.7. The average Bonchev–Trinajstić information content (AvgIpc) is 3.01. The SMILES string of the molecule is Cc1nn(Cc2ccc(C#N)cc2)c(C)c1NC(=O)c1cccc2ncccc12. The van der Waals surface area contributed by atoms with E-state index in [1.165, 1.54) is 0 Å². The maximum Gasteiger partial charge on any atom is 0.256 e. The minimum atomic E-state index is -0.187. The van der Waals surface area contributed by atoms with Gasteiger partial charge in [-0.15, -0.1) is 0 Å². The Labute approximate surface area is 168 Å². The van der Waals surface area contributed by atoms with Gasteiger partial charge in [-0.3, -0.25) is 14.5 Å². The molecule has 1 amide bonds. The van der Waals surface area contributed by atoms with Crippen LogP contribution in [0.15, 0.2) is 60.8 Å². The van der Waals surface area contributed by atoms with Gasteiger partial charge in [0.05, 0.1) is 40.8 Å². The Morgan fingerprint density at radius 1 is 1.10 bits per heavy atom. The molecule has 4 aromatic rings. The highest BCUT2D eigenvalue weighted by Gasteiger charge is 2.17. The van der Waals surface area contributed by atoms with Crippen LogP contribution in [-0.2, 0) is 6.54 Å². The summed E-state index contributed by atoms with van der Waals surface area (Å²) < 4.78 is 1.86. The van der Waals surface area contributed by atoms with E-state index in [0.717, 1.165) is 27.9 Å². The number of fused-ring (bicyclic) bond motifs is 1. The molecule has 0 saturated carbocycles. The molecule has 142 valence electrons. The predicted molar refractivity (Wildman–Crippen MR) is 112 cm³/mol. The van der Waals surface area contributed by atoms with Crippen LogP contribution in [-0.4, -0.2) is 20.7 Å². The van der Waals surface area contributed by atoms with E-state index < -0.39 is 0 Å². The Kier molecular flexibility index (Phi) is 4.80. The number of pyridine rings is 1. The van der Waals surface area contributed by atoms with Gasteiger partial charge >= 0.3 is 0 Å². The summed E-state index contributed by atoms with van der Waals surface area (Å²) in [7, 11) is 0. The zero-order valence-corrected chi connectivity index (χ0v) is 16.2. The Morgan fingerprint density at radius 2 is 1.90 bits per heavy atom. The lowest BCUT2D eigenvalue weighted by Crippen LogP contribution is -2.14. The zero-order valence-electron chi connectivity index (χ0n) is 16.2. The van der Waals surface area contributed by atoms with Crippen molar-refractivity contribution in [3.63, 3.8) is 0 Å². The summed E-state index contributed by atoms with van der Waals surface area (Å²) in [5, 5.41) is 17.3. The number of aromatic nitrogens is 3. The number of hydrogen-bond acceptors (Lipinski definition) is 4. The summed E-state index contributed by atoms with van der Waals surface area (Å²) in [6.45, 7) is 4.37. The summed E-state index contributed by atoms with van der Waals surface area (Å²) >= 11 is 0. The molecule has 0 radical (unpaired) electrons. The molecule has 0 atom stereocenters. The first kappa shape index (κ1) is 18.4. The van der Waals surface area contributed by atoms with Crippen LogP contribution in [0.3, 0.4) is 0 Å². The Morgan fingerprint density at radius 3 is 2.66 bits per heavy atom. The molecular formula is C23H19N5O. The van der Waals surface area contributed by atoms with Crippen LogP contribution in [0.5, 0.6) is 0 Å². The maximum atomic E-state index is 13.0. The summed E-state index contributed by atoms with van der Waals surface area (Å²) in [6.07, 6.45) is 1.71. The summed E-state index contributed by atoms with van der Waals surface area (Å²) in [4.78, 5) is 17.3. The van der Waals surface area contributed by atoms with Crippen molar-refractivity contribution in [3.8, 4) is 6.07 Å². The van der Waals surface area contributed by atoms with Crippen LogP contribution in [0, 0.1) is 25.2 Å². The van der Waals surface area contributed by atoms with E-state index in [4.69, 9.17) is 5.26 Å². The van der Waals surface area contributed by atoms with E-state index in [-0.39, 0.29) is 5.91 Å². The molecule has 0 aliphatic carbocycles. The molecule has 0 saturated heterocycles. The van der Waals surface area contributed by atoms with Gasteiger partial charge in [-0.1, -0.05) is 24.3 Å². The molecule has 0 bridgehead atoms. The van der Waals surface area contributed by atoms with Gasteiger partial charge in [0, 0.05) is 17.1 Å². The van der Waals surface area contributed by atoms with Crippen molar-refractivity contribution in [2.24, 2.45) is 0 Å². The zero-order chi connectivity index (χ0) is 20.4. The van der Waals surface area contributed by atoms with Gasteiger partial charge in [-0.2, -0.15) is 10.4 Å². The van der Waals surface area contributed by atoms with Gasteiger partial charge in [0.25, 0.3) is 5.91 Å². The standard InChI is InChI=1S/C23H19N5O/c1-15-22(16(2)28(27-15)14-18-10-8-17(13-24)9-11-18)26-23(29)20-5-3-7-21-19(20)6-4-12-25-21/h3-12H,14H2,1-2H3,(H,26,29). The number of anilines is 1. The number of nitrogens with zero attached hydrogens (tertiary/aromatic N) is 4. The molecular weight excluding hydrogens is 362 g/mol. The molecule has 0 aliphatic heterocycles. The van der Waals surface area contributed by atoms with Gasteiger partial charge in [0.15, 0.2) is 0 Å². The number of benzene rings is 2. The van der Waals surface area contributed by atoms with Crippen molar-refractivity contribution < 1.29 is 4.79 Å². The highest BCUT2D eigenvalue weighted by molar-refractivity contribution is 6.12. The lowest BCUT2D eigenvalue weighted by Gasteiger charge is -2.09. The maximum absolute atomic E-state index is 13.0. The van der Waals surface area contributed by atoms with Crippen LogP contribution in [0.2, 0.25) is 0 Å². The molecule has 29 heavy (non-hydrogen) atoms. The van der Waals surface area contributed by atoms with Gasteiger partial charge < -0.3 is 5.32 Å². The number of hydrogen-bond donors (Lipinski definition) is 1. The second-order valence-electron chi connectivity index (χ2n) is 6.84. The largest absolute Gasteiger partial charge is 0.319 e. The minimum absolute atomic E-state index is 0.187.